The number of nitrogens with one attached hydrogen (secondary N) is 2. The van der Waals surface area contributed by atoms with Crippen molar-refractivity contribution in [2.24, 2.45) is 17.3 Å². The van der Waals surface area contributed by atoms with Crippen molar-refractivity contribution < 1.29 is 19.5 Å². The number of amides is 3. The van der Waals surface area contributed by atoms with Crippen LogP contribution < -0.4 is 10.6 Å². The number of urea groups is 1. The molecule has 3 N–H and O–H groups in total. The second-order valence-corrected chi connectivity index (χ2v) is 8.75. The summed E-state index contributed by atoms with van der Waals surface area (Å²) in [5, 5.41) is 15.1. The minimum Gasteiger partial charge on any atom is -0.481 e. The number of carbonyl (C=O) groups excluding carboxylic acids is 2. The lowest BCUT2D eigenvalue weighted by atomic mass is 9.86. The van der Waals surface area contributed by atoms with Crippen LogP contribution in [0.15, 0.2) is 0 Å². The van der Waals surface area contributed by atoms with Crippen molar-refractivity contribution in [1.82, 2.24) is 15.5 Å². The number of likely N-dealkylation sites (tertiary alicyclic amines) is 1. The Morgan fingerprint density at radius 1 is 1.08 bits per heavy atom. The topological polar surface area (TPSA) is 98.7 Å². The Morgan fingerprint density at radius 2 is 1.73 bits per heavy atom. The SMILES string of the molecule is CC(C)(C)C(=O)NCC1CCCN(C(=O)NC2CCC(C(=O)O)CC2)C1. The first-order chi connectivity index (χ1) is 12.2. The maximum absolute atomic E-state index is 12.5. The lowest BCUT2D eigenvalue weighted by molar-refractivity contribution is -0.142. The molecule has 2 rings (SSSR count). The van der Waals surface area contributed by atoms with Crippen LogP contribution in [0, 0.1) is 17.3 Å². The quantitative estimate of drug-likeness (QED) is 0.709. The molecule has 0 aromatic rings. The average molecular weight is 367 g/mol. The van der Waals surface area contributed by atoms with Gasteiger partial charge in [0.1, 0.15) is 0 Å². The smallest absolute Gasteiger partial charge is 0.317 e. The first kappa shape index (κ1) is 20.5. The van der Waals surface area contributed by atoms with Gasteiger partial charge in [-0.1, -0.05) is 20.8 Å². The van der Waals surface area contributed by atoms with Crippen LogP contribution in [0.4, 0.5) is 4.79 Å². The van der Waals surface area contributed by atoms with Crippen molar-refractivity contribution >= 4 is 17.9 Å². The summed E-state index contributed by atoms with van der Waals surface area (Å²) in [7, 11) is 0. The van der Waals surface area contributed by atoms with Crippen LogP contribution in [0.25, 0.3) is 0 Å². The predicted octanol–water partition coefficient (Wildman–Crippen LogP) is 2.21. The average Bonchev–Trinajstić information content (AvgIpc) is 2.59. The van der Waals surface area contributed by atoms with Crippen LogP contribution in [-0.4, -0.2) is 53.6 Å². The number of carbonyl (C=O) groups is 3. The Hall–Kier alpha value is -1.79. The summed E-state index contributed by atoms with van der Waals surface area (Å²) in [6, 6.07) is 0.00897. The third kappa shape index (κ3) is 5.88. The van der Waals surface area contributed by atoms with E-state index in [1.54, 1.807) is 0 Å². The zero-order valence-corrected chi connectivity index (χ0v) is 16.2. The van der Waals surface area contributed by atoms with Crippen molar-refractivity contribution in [2.75, 3.05) is 19.6 Å². The maximum Gasteiger partial charge on any atom is 0.317 e. The molecule has 1 saturated carbocycles. The molecule has 1 aliphatic carbocycles. The number of carboxylic acids is 1. The van der Waals surface area contributed by atoms with E-state index >= 15 is 0 Å². The van der Waals surface area contributed by atoms with Crippen molar-refractivity contribution in [1.29, 1.82) is 0 Å². The summed E-state index contributed by atoms with van der Waals surface area (Å²) >= 11 is 0. The molecule has 0 aromatic heterocycles. The molecule has 1 saturated heterocycles. The summed E-state index contributed by atoms with van der Waals surface area (Å²) in [5.74, 6) is -0.683. The van der Waals surface area contributed by atoms with E-state index in [0.717, 1.165) is 32.2 Å². The molecule has 1 aliphatic heterocycles. The van der Waals surface area contributed by atoms with Crippen molar-refractivity contribution in [3.8, 4) is 0 Å². The zero-order chi connectivity index (χ0) is 19.3. The van der Waals surface area contributed by atoms with Gasteiger partial charge in [0.25, 0.3) is 0 Å². The second kappa shape index (κ2) is 8.73. The number of nitrogens with zero attached hydrogens (tertiary/aromatic N) is 1. The van der Waals surface area contributed by atoms with Gasteiger partial charge in [-0.05, 0) is 44.4 Å². The molecule has 148 valence electrons. The van der Waals surface area contributed by atoms with E-state index in [1.165, 1.54) is 0 Å². The van der Waals surface area contributed by atoms with Gasteiger partial charge >= 0.3 is 12.0 Å². The van der Waals surface area contributed by atoms with Gasteiger partial charge in [0.15, 0.2) is 0 Å². The molecule has 7 heteroatoms. The van der Waals surface area contributed by atoms with Gasteiger partial charge in [-0.15, -0.1) is 0 Å². The molecular weight excluding hydrogens is 334 g/mol. The lowest BCUT2D eigenvalue weighted by Gasteiger charge is -2.35. The summed E-state index contributed by atoms with van der Waals surface area (Å²) in [6.07, 6.45) is 4.65. The van der Waals surface area contributed by atoms with E-state index in [4.69, 9.17) is 5.11 Å². The molecule has 0 bridgehead atoms. The van der Waals surface area contributed by atoms with E-state index in [9.17, 15) is 14.4 Å². The molecule has 1 atom stereocenters. The van der Waals surface area contributed by atoms with Crippen LogP contribution in [0.3, 0.4) is 0 Å². The number of hydrogen-bond acceptors (Lipinski definition) is 3. The van der Waals surface area contributed by atoms with E-state index in [2.05, 4.69) is 10.6 Å². The number of rotatable bonds is 4. The van der Waals surface area contributed by atoms with Gasteiger partial charge < -0.3 is 20.6 Å². The first-order valence-electron chi connectivity index (χ1n) is 9.73. The molecule has 7 nitrogen and oxygen atoms in total. The van der Waals surface area contributed by atoms with Crippen LogP contribution in [0.2, 0.25) is 0 Å². The lowest BCUT2D eigenvalue weighted by Crippen LogP contribution is -2.51. The highest BCUT2D eigenvalue weighted by atomic mass is 16.4. The van der Waals surface area contributed by atoms with E-state index in [1.807, 2.05) is 25.7 Å². The number of hydrogen-bond donors (Lipinski definition) is 3. The highest BCUT2D eigenvalue weighted by molar-refractivity contribution is 5.81. The van der Waals surface area contributed by atoms with E-state index in [-0.39, 0.29) is 29.8 Å². The largest absolute Gasteiger partial charge is 0.481 e. The Bertz CT molecular complexity index is 521. The van der Waals surface area contributed by atoms with Gasteiger partial charge in [-0.25, -0.2) is 4.79 Å². The molecule has 1 unspecified atom stereocenters. The summed E-state index contributed by atoms with van der Waals surface area (Å²) in [4.78, 5) is 37.4. The normalized spacial score (nSPS) is 26.9. The molecule has 26 heavy (non-hydrogen) atoms. The molecule has 2 fully saturated rings. The number of aliphatic carboxylic acids is 1. The van der Waals surface area contributed by atoms with Crippen molar-refractivity contribution in [3.05, 3.63) is 0 Å². The Kier molecular flexibility index (Phi) is 6.89. The summed E-state index contributed by atoms with van der Waals surface area (Å²) in [6.45, 7) is 7.66. The van der Waals surface area contributed by atoms with E-state index in [0.29, 0.717) is 25.9 Å². The molecule has 3 amide bonds. The zero-order valence-electron chi connectivity index (χ0n) is 16.2. The van der Waals surface area contributed by atoms with Gasteiger partial charge in [0, 0.05) is 31.1 Å². The summed E-state index contributed by atoms with van der Waals surface area (Å²) < 4.78 is 0. The van der Waals surface area contributed by atoms with Crippen molar-refractivity contribution in [3.63, 3.8) is 0 Å². The fraction of sp³-hybridized carbons (Fsp3) is 0.842. The van der Waals surface area contributed by atoms with Gasteiger partial charge in [-0.3, -0.25) is 9.59 Å². The summed E-state index contributed by atoms with van der Waals surface area (Å²) in [5.41, 5.74) is -0.402. The fourth-order valence-corrected chi connectivity index (χ4v) is 3.67. The van der Waals surface area contributed by atoms with Crippen LogP contribution in [-0.2, 0) is 9.59 Å². The monoisotopic (exact) mass is 367 g/mol. The van der Waals surface area contributed by atoms with Crippen LogP contribution in [0.1, 0.15) is 59.3 Å². The van der Waals surface area contributed by atoms with Gasteiger partial charge in [-0.2, -0.15) is 0 Å². The Balaban J connectivity index is 1.75. The van der Waals surface area contributed by atoms with Gasteiger partial charge in [0.05, 0.1) is 5.92 Å². The van der Waals surface area contributed by atoms with Crippen LogP contribution >= 0.6 is 0 Å². The van der Waals surface area contributed by atoms with Crippen molar-refractivity contribution in [2.45, 2.75) is 65.3 Å². The van der Waals surface area contributed by atoms with E-state index < -0.39 is 11.4 Å². The number of piperidine rings is 1. The van der Waals surface area contributed by atoms with Crippen LogP contribution in [0.5, 0.6) is 0 Å². The second-order valence-electron chi connectivity index (χ2n) is 8.75. The fourth-order valence-electron chi connectivity index (χ4n) is 3.67. The molecule has 1 heterocycles. The maximum atomic E-state index is 12.5. The predicted molar refractivity (Wildman–Crippen MR) is 98.7 cm³/mol. The minimum absolute atomic E-state index is 0.0364. The molecule has 0 radical (unpaired) electrons. The standard InChI is InChI=1S/C19H33N3O4/c1-19(2,3)17(25)20-11-13-5-4-10-22(12-13)18(26)21-15-8-6-14(7-9-15)16(23)24/h13-15H,4-12H2,1-3H3,(H,20,25)(H,21,26)(H,23,24). The molecular formula is C19H33N3O4. The third-order valence-corrected chi connectivity index (χ3v) is 5.44. The Labute approximate surface area is 155 Å². The molecule has 2 aliphatic rings. The molecule has 0 aromatic carbocycles. The third-order valence-electron chi connectivity index (χ3n) is 5.44. The highest BCUT2D eigenvalue weighted by Gasteiger charge is 2.30. The minimum atomic E-state index is -0.731. The first-order valence-corrected chi connectivity index (χ1v) is 9.73. The Morgan fingerprint density at radius 3 is 2.31 bits per heavy atom. The van der Waals surface area contributed by atoms with Gasteiger partial charge in [0.2, 0.25) is 5.91 Å². The highest BCUT2D eigenvalue weighted by Crippen LogP contribution is 2.25. The number of carboxylic acid groups (broad SMARTS) is 1. The molecule has 0 spiro atoms.